The number of aliphatic hydroxyl groups excluding tert-OH is 1. The molecule has 0 aromatic heterocycles. The zero-order chi connectivity index (χ0) is 18.6. The molecule has 2 aliphatic rings. The Morgan fingerprint density at radius 3 is 2.44 bits per heavy atom. The van der Waals surface area contributed by atoms with E-state index in [0.29, 0.717) is 12.8 Å². The van der Waals surface area contributed by atoms with Gasteiger partial charge in [-0.1, -0.05) is 18.7 Å². The van der Waals surface area contributed by atoms with Gasteiger partial charge in [0, 0.05) is 5.92 Å². The van der Waals surface area contributed by atoms with Crippen LogP contribution >= 0.6 is 0 Å². The Morgan fingerprint density at radius 2 is 1.84 bits per heavy atom. The van der Waals surface area contributed by atoms with E-state index >= 15 is 0 Å². The Kier molecular flexibility index (Phi) is 6.44. The van der Waals surface area contributed by atoms with Gasteiger partial charge in [0.25, 0.3) is 0 Å². The normalized spacial score (nSPS) is 32.2. The fraction of sp³-hybridized carbons (Fsp3) is 0.529. The average Bonchev–Trinajstić information content (AvgIpc) is 3.15. The van der Waals surface area contributed by atoms with Gasteiger partial charge >= 0.3 is 0 Å². The van der Waals surface area contributed by atoms with Gasteiger partial charge in [0.2, 0.25) is 0 Å². The number of aliphatic imine (C=N–C) groups is 2. The van der Waals surface area contributed by atoms with E-state index in [1.54, 1.807) is 6.08 Å². The molecule has 0 bridgehead atoms. The summed E-state index contributed by atoms with van der Waals surface area (Å²) < 4.78 is 25.4. The van der Waals surface area contributed by atoms with Crippen LogP contribution in [0.3, 0.4) is 0 Å². The lowest BCUT2D eigenvalue weighted by atomic mass is 10.2. The van der Waals surface area contributed by atoms with Crippen LogP contribution in [-0.4, -0.2) is 41.0 Å². The van der Waals surface area contributed by atoms with Gasteiger partial charge in [0.05, 0.1) is 18.2 Å². The van der Waals surface area contributed by atoms with Gasteiger partial charge in [-0.15, -0.1) is 0 Å². The van der Waals surface area contributed by atoms with Crippen LogP contribution in [0.2, 0.25) is 0 Å². The van der Waals surface area contributed by atoms with Crippen LogP contribution in [0, 0.1) is 5.92 Å². The second-order valence-electron chi connectivity index (χ2n) is 6.48. The highest BCUT2D eigenvalue weighted by molar-refractivity contribution is 6.08. The Morgan fingerprint density at radius 1 is 1.16 bits per heavy atom. The molecule has 0 amide bonds. The van der Waals surface area contributed by atoms with Crippen LogP contribution in [0.4, 0.5) is 8.78 Å². The summed E-state index contributed by atoms with van der Waals surface area (Å²) in [6.45, 7) is 2.87. The minimum atomic E-state index is -1.10. The average molecular weight is 353 g/mol. The quantitative estimate of drug-likeness (QED) is 0.312. The summed E-state index contributed by atoms with van der Waals surface area (Å²) >= 11 is 0. The second-order valence-corrected chi connectivity index (χ2v) is 6.48. The highest BCUT2D eigenvalue weighted by atomic mass is 19.2. The Labute approximate surface area is 145 Å². The minimum absolute atomic E-state index is 0.0302. The first-order valence-corrected chi connectivity index (χ1v) is 8.26. The third-order valence-corrected chi connectivity index (χ3v) is 4.33. The highest BCUT2D eigenvalue weighted by Gasteiger charge is 2.35. The SMILES string of the molecule is C=C(F)C(F)=C/C=C/C1CC1N=C(N)C(N)C(N)=NC1CCC(O)C1. The molecule has 8 heteroatoms. The van der Waals surface area contributed by atoms with E-state index in [9.17, 15) is 13.9 Å². The van der Waals surface area contributed by atoms with Crippen molar-refractivity contribution >= 4 is 11.7 Å². The molecule has 0 aromatic carbocycles. The van der Waals surface area contributed by atoms with Gasteiger partial charge in [-0.05, 0) is 31.8 Å². The van der Waals surface area contributed by atoms with Crippen molar-refractivity contribution in [1.82, 2.24) is 0 Å². The summed E-state index contributed by atoms with van der Waals surface area (Å²) in [5.74, 6) is -1.60. The Balaban J connectivity index is 1.87. The summed E-state index contributed by atoms with van der Waals surface area (Å²) in [6.07, 6.45) is 6.65. The van der Waals surface area contributed by atoms with Crippen molar-refractivity contribution in [3.8, 4) is 0 Å². The molecule has 25 heavy (non-hydrogen) atoms. The fourth-order valence-electron chi connectivity index (χ4n) is 2.69. The highest BCUT2D eigenvalue weighted by Crippen LogP contribution is 2.35. The summed E-state index contributed by atoms with van der Waals surface area (Å²) in [6, 6.07) is -0.846. The molecule has 5 unspecified atom stereocenters. The maximum atomic E-state index is 12.9. The van der Waals surface area contributed by atoms with E-state index < -0.39 is 17.7 Å². The maximum Gasteiger partial charge on any atom is 0.158 e. The van der Waals surface area contributed by atoms with Crippen molar-refractivity contribution in [1.29, 1.82) is 0 Å². The van der Waals surface area contributed by atoms with E-state index in [2.05, 4.69) is 16.6 Å². The first-order chi connectivity index (χ1) is 11.8. The summed E-state index contributed by atoms with van der Waals surface area (Å²) in [5.41, 5.74) is 17.8. The van der Waals surface area contributed by atoms with Crippen LogP contribution < -0.4 is 17.2 Å². The summed E-state index contributed by atoms with van der Waals surface area (Å²) in [7, 11) is 0. The number of amidine groups is 2. The fourth-order valence-corrected chi connectivity index (χ4v) is 2.69. The van der Waals surface area contributed by atoms with Crippen LogP contribution in [0.5, 0.6) is 0 Å². The molecular formula is C17H25F2N5O. The third kappa shape index (κ3) is 5.75. The third-order valence-electron chi connectivity index (χ3n) is 4.33. The Hall–Kier alpha value is -2.06. The van der Waals surface area contributed by atoms with Crippen molar-refractivity contribution in [2.45, 2.75) is 49.9 Å². The van der Waals surface area contributed by atoms with Gasteiger partial charge in [0.1, 0.15) is 17.7 Å². The molecule has 138 valence electrons. The lowest BCUT2D eigenvalue weighted by Gasteiger charge is -2.13. The van der Waals surface area contributed by atoms with E-state index in [1.807, 2.05) is 0 Å². The molecule has 2 fully saturated rings. The predicted octanol–water partition coefficient (Wildman–Crippen LogP) is 1.22. The van der Waals surface area contributed by atoms with E-state index in [-0.39, 0.29) is 35.8 Å². The minimum Gasteiger partial charge on any atom is -0.393 e. The molecule has 0 heterocycles. The number of allylic oxidation sites excluding steroid dienone is 4. The zero-order valence-electron chi connectivity index (χ0n) is 14.0. The smallest absolute Gasteiger partial charge is 0.158 e. The number of aliphatic hydroxyl groups is 1. The van der Waals surface area contributed by atoms with E-state index in [1.165, 1.54) is 6.08 Å². The van der Waals surface area contributed by atoms with Gasteiger partial charge in [-0.2, -0.15) is 0 Å². The molecular weight excluding hydrogens is 328 g/mol. The molecule has 2 rings (SSSR count). The van der Waals surface area contributed by atoms with E-state index in [4.69, 9.17) is 17.2 Å². The maximum absolute atomic E-state index is 12.9. The number of halogens is 2. The van der Waals surface area contributed by atoms with Crippen LogP contribution in [0.15, 0.2) is 46.4 Å². The number of nitrogens with zero attached hydrogens (tertiary/aromatic N) is 2. The van der Waals surface area contributed by atoms with Crippen molar-refractivity contribution in [3.63, 3.8) is 0 Å². The van der Waals surface area contributed by atoms with Gasteiger partial charge in [-0.3, -0.25) is 9.98 Å². The Bertz CT molecular complexity index is 629. The molecule has 7 N–H and O–H groups in total. The molecule has 0 spiro atoms. The molecule has 5 atom stereocenters. The zero-order valence-corrected chi connectivity index (χ0v) is 14.0. The van der Waals surface area contributed by atoms with Crippen molar-refractivity contribution < 1.29 is 13.9 Å². The standard InChI is InChI=1S/C17H25F2N5O/c1-9(18)13(19)4-2-3-10-7-14(10)24-17(22)15(20)16(21)23-11-5-6-12(25)8-11/h2-4,10-12,14-15,25H,1,5-8,20H2,(H2,21,23)(H2,22,24)/b3-2+,13-4?. The molecule has 0 saturated heterocycles. The van der Waals surface area contributed by atoms with Crippen molar-refractivity contribution in [2.75, 3.05) is 0 Å². The molecule has 2 saturated carbocycles. The number of hydrogen-bond acceptors (Lipinski definition) is 4. The molecule has 0 radical (unpaired) electrons. The van der Waals surface area contributed by atoms with Gasteiger partial charge < -0.3 is 22.3 Å². The summed E-state index contributed by atoms with van der Waals surface area (Å²) in [4.78, 5) is 8.64. The van der Waals surface area contributed by atoms with Crippen LogP contribution in [0.25, 0.3) is 0 Å². The largest absolute Gasteiger partial charge is 0.393 e. The summed E-state index contributed by atoms with van der Waals surface area (Å²) in [5, 5.41) is 9.50. The van der Waals surface area contributed by atoms with Crippen molar-refractivity contribution in [3.05, 3.63) is 36.5 Å². The van der Waals surface area contributed by atoms with Crippen LogP contribution in [-0.2, 0) is 0 Å². The number of hydrogen-bond donors (Lipinski definition) is 4. The lowest BCUT2D eigenvalue weighted by molar-refractivity contribution is 0.181. The van der Waals surface area contributed by atoms with E-state index in [0.717, 1.165) is 18.9 Å². The molecule has 2 aliphatic carbocycles. The molecule has 0 aliphatic heterocycles. The topological polar surface area (TPSA) is 123 Å². The lowest BCUT2D eigenvalue weighted by Crippen LogP contribution is -2.48. The van der Waals surface area contributed by atoms with Crippen LogP contribution in [0.1, 0.15) is 25.7 Å². The molecule has 0 aromatic rings. The van der Waals surface area contributed by atoms with Gasteiger partial charge in [-0.25, -0.2) is 8.78 Å². The van der Waals surface area contributed by atoms with Crippen molar-refractivity contribution in [2.24, 2.45) is 33.1 Å². The first-order valence-electron chi connectivity index (χ1n) is 8.26. The monoisotopic (exact) mass is 353 g/mol. The van der Waals surface area contributed by atoms with Gasteiger partial charge in [0.15, 0.2) is 11.7 Å². The number of rotatable bonds is 7. The first kappa shape index (κ1) is 19.3. The predicted molar refractivity (Wildman–Crippen MR) is 95.3 cm³/mol. The second kappa shape index (κ2) is 8.35. The molecule has 6 nitrogen and oxygen atoms in total. The number of nitrogens with two attached hydrogens (primary N) is 3.